The van der Waals surface area contributed by atoms with Gasteiger partial charge in [-0.1, -0.05) is 39.0 Å². The van der Waals surface area contributed by atoms with Crippen LogP contribution in [0.3, 0.4) is 0 Å². The lowest BCUT2D eigenvalue weighted by atomic mass is 10.1. The van der Waals surface area contributed by atoms with Crippen LogP contribution in [0.25, 0.3) is 0 Å². The van der Waals surface area contributed by atoms with Crippen molar-refractivity contribution in [2.24, 2.45) is 5.92 Å². The molecule has 0 aliphatic heterocycles. The first kappa shape index (κ1) is 17.4. The molecule has 1 rings (SSSR count). The van der Waals surface area contributed by atoms with Crippen LogP contribution in [-0.2, 0) is 0 Å². The first-order valence-electron chi connectivity index (χ1n) is 7.71. The van der Waals surface area contributed by atoms with Crippen molar-refractivity contribution in [3.8, 4) is 5.75 Å². The maximum Gasteiger partial charge on any atom is 0.124 e. The van der Waals surface area contributed by atoms with Gasteiger partial charge >= 0.3 is 0 Å². The van der Waals surface area contributed by atoms with Crippen LogP contribution in [0.5, 0.6) is 5.75 Å². The van der Waals surface area contributed by atoms with E-state index in [0.29, 0.717) is 6.04 Å². The molecule has 0 spiro atoms. The summed E-state index contributed by atoms with van der Waals surface area (Å²) in [5.41, 5.74) is 1.29. The van der Waals surface area contributed by atoms with Crippen LogP contribution in [-0.4, -0.2) is 24.7 Å². The summed E-state index contributed by atoms with van der Waals surface area (Å²) in [5, 5.41) is 3.59. The van der Waals surface area contributed by atoms with E-state index in [4.69, 9.17) is 4.74 Å². The maximum absolute atomic E-state index is 5.76. The van der Waals surface area contributed by atoms with E-state index in [1.165, 1.54) is 17.7 Å². The van der Waals surface area contributed by atoms with Gasteiger partial charge in [-0.15, -0.1) is 0 Å². The first-order chi connectivity index (χ1) is 9.69. The number of hydrogen-bond acceptors (Lipinski definition) is 3. The molecule has 20 heavy (non-hydrogen) atoms. The third-order valence-electron chi connectivity index (χ3n) is 3.17. The fraction of sp³-hybridized carbons (Fsp3) is 0.647. The number of ether oxygens (including phenoxy) is 1. The minimum Gasteiger partial charge on any atom is -0.494 e. The van der Waals surface area contributed by atoms with Gasteiger partial charge in [0.15, 0.2) is 0 Å². The first-order valence-corrected chi connectivity index (χ1v) is 8.87. The molecule has 3 heteroatoms. The number of thioether (sulfide) groups is 1. The van der Waals surface area contributed by atoms with Gasteiger partial charge in [0.05, 0.1) is 6.61 Å². The molecule has 0 radical (unpaired) electrons. The van der Waals surface area contributed by atoms with Crippen LogP contribution < -0.4 is 10.1 Å². The maximum atomic E-state index is 5.76. The summed E-state index contributed by atoms with van der Waals surface area (Å²) >= 11 is 2.03. The summed E-state index contributed by atoms with van der Waals surface area (Å²) in [6.45, 7) is 10.5. The number of nitrogens with one attached hydrogen (secondary N) is 1. The average molecular weight is 295 g/mol. The predicted octanol–water partition coefficient (Wildman–Crippen LogP) is 4.52. The van der Waals surface area contributed by atoms with Crippen molar-refractivity contribution in [1.29, 1.82) is 0 Å². The highest BCUT2D eigenvalue weighted by molar-refractivity contribution is 7.99. The summed E-state index contributed by atoms with van der Waals surface area (Å²) in [4.78, 5) is 0. The van der Waals surface area contributed by atoms with E-state index >= 15 is 0 Å². The van der Waals surface area contributed by atoms with Crippen LogP contribution in [0.1, 0.15) is 45.7 Å². The van der Waals surface area contributed by atoms with Crippen LogP contribution in [0.2, 0.25) is 0 Å². The molecule has 0 amide bonds. The third-order valence-corrected chi connectivity index (χ3v) is 4.26. The van der Waals surface area contributed by atoms with Crippen LogP contribution >= 0.6 is 11.8 Å². The standard InChI is InChI=1S/C17H29NOS/c1-5-18-16(13-20-12-11-14(3)4)15-9-7-8-10-17(15)19-6-2/h7-10,14,16,18H,5-6,11-13H2,1-4H3. The quantitative estimate of drug-likeness (QED) is 0.641. The van der Waals surface area contributed by atoms with Gasteiger partial charge in [0, 0.05) is 17.4 Å². The minimum atomic E-state index is 0.375. The molecule has 0 aliphatic rings. The van der Waals surface area contributed by atoms with E-state index in [-0.39, 0.29) is 0 Å². The highest BCUT2D eigenvalue weighted by atomic mass is 32.2. The number of hydrogen-bond donors (Lipinski definition) is 1. The van der Waals surface area contributed by atoms with Gasteiger partial charge in [0.2, 0.25) is 0 Å². The number of benzene rings is 1. The molecule has 1 unspecified atom stereocenters. The monoisotopic (exact) mass is 295 g/mol. The molecule has 0 saturated heterocycles. The molecule has 1 atom stereocenters. The van der Waals surface area contributed by atoms with Gasteiger partial charge < -0.3 is 10.1 Å². The third kappa shape index (κ3) is 6.19. The molecular formula is C17H29NOS. The Morgan fingerprint density at radius 2 is 1.95 bits per heavy atom. The Bertz CT molecular complexity index is 368. The fourth-order valence-electron chi connectivity index (χ4n) is 2.08. The average Bonchev–Trinajstić information content (AvgIpc) is 2.43. The normalized spacial score (nSPS) is 12.7. The Balaban J connectivity index is 2.64. The van der Waals surface area contributed by atoms with Crippen LogP contribution in [0, 0.1) is 5.92 Å². The van der Waals surface area contributed by atoms with Gasteiger partial charge in [0.1, 0.15) is 5.75 Å². The Kier molecular flexibility index (Phi) is 8.79. The van der Waals surface area contributed by atoms with E-state index in [1.54, 1.807) is 0 Å². The molecule has 0 heterocycles. The van der Waals surface area contributed by atoms with E-state index in [9.17, 15) is 0 Å². The van der Waals surface area contributed by atoms with Gasteiger partial charge in [0.25, 0.3) is 0 Å². The van der Waals surface area contributed by atoms with Crippen molar-refractivity contribution in [2.75, 3.05) is 24.7 Å². The number of rotatable bonds is 10. The van der Waals surface area contributed by atoms with Gasteiger partial charge in [-0.3, -0.25) is 0 Å². The predicted molar refractivity (Wildman–Crippen MR) is 90.8 cm³/mol. The lowest BCUT2D eigenvalue weighted by Crippen LogP contribution is -2.23. The van der Waals surface area contributed by atoms with Crippen molar-refractivity contribution in [2.45, 2.75) is 40.2 Å². The lowest BCUT2D eigenvalue weighted by molar-refractivity contribution is 0.333. The van der Waals surface area contributed by atoms with Gasteiger partial charge in [-0.05, 0) is 37.6 Å². The van der Waals surface area contributed by atoms with Crippen molar-refractivity contribution < 1.29 is 4.74 Å². The Morgan fingerprint density at radius 1 is 1.20 bits per heavy atom. The van der Waals surface area contributed by atoms with E-state index in [2.05, 4.69) is 44.3 Å². The zero-order valence-electron chi connectivity index (χ0n) is 13.3. The topological polar surface area (TPSA) is 21.3 Å². The van der Waals surface area contributed by atoms with E-state index < -0.39 is 0 Å². The summed E-state index contributed by atoms with van der Waals surface area (Å²) in [6.07, 6.45) is 1.29. The summed E-state index contributed by atoms with van der Waals surface area (Å²) in [6, 6.07) is 8.77. The largest absolute Gasteiger partial charge is 0.494 e. The number of para-hydroxylation sites is 1. The molecule has 0 fully saturated rings. The van der Waals surface area contributed by atoms with E-state index in [1.807, 2.05) is 24.8 Å². The van der Waals surface area contributed by atoms with Crippen molar-refractivity contribution in [1.82, 2.24) is 5.32 Å². The molecule has 0 saturated carbocycles. The summed E-state index contributed by atoms with van der Waals surface area (Å²) < 4.78 is 5.76. The molecule has 1 aromatic rings. The smallest absolute Gasteiger partial charge is 0.124 e. The molecule has 114 valence electrons. The zero-order valence-corrected chi connectivity index (χ0v) is 14.1. The molecule has 2 nitrogen and oxygen atoms in total. The van der Waals surface area contributed by atoms with Crippen molar-refractivity contribution >= 4 is 11.8 Å². The molecule has 0 aliphatic carbocycles. The zero-order chi connectivity index (χ0) is 14.8. The SMILES string of the molecule is CCNC(CSCCC(C)C)c1ccccc1OCC. The molecule has 1 aromatic carbocycles. The highest BCUT2D eigenvalue weighted by Crippen LogP contribution is 2.28. The summed E-state index contributed by atoms with van der Waals surface area (Å²) in [7, 11) is 0. The summed E-state index contributed by atoms with van der Waals surface area (Å²) in [5.74, 6) is 4.14. The molecule has 1 N–H and O–H groups in total. The minimum absolute atomic E-state index is 0.375. The molecular weight excluding hydrogens is 266 g/mol. The van der Waals surface area contributed by atoms with Crippen LogP contribution in [0.4, 0.5) is 0 Å². The van der Waals surface area contributed by atoms with Crippen LogP contribution in [0.15, 0.2) is 24.3 Å². The van der Waals surface area contributed by atoms with Crippen molar-refractivity contribution in [3.05, 3.63) is 29.8 Å². The molecule has 0 aromatic heterocycles. The highest BCUT2D eigenvalue weighted by Gasteiger charge is 2.15. The Morgan fingerprint density at radius 3 is 2.60 bits per heavy atom. The van der Waals surface area contributed by atoms with E-state index in [0.717, 1.165) is 30.6 Å². The second-order valence-electron chi connectivity index (χ2n) is 5.34. The second kappa shape index (κ2) is 10.1. The fourth-order valence-corrected chi connectivity index (χ4v) is 3.42. The molecule has 0 bridgehead atoms. The van der Waals surface area contributed by atoms with Gasteiger partial charge in [-0.2, -0.15) is 11.8 Å². The van der Waals surface area contributed by atoms with Crippen molar-refractivity contribution in [3.63, 3.8) is 0 Å². The second-order valence-corrected chi connectivity index (χ2v) is 6.49. The lowest BCUT2D eigenvalue weighted by Gasteiger charge is -2.21. The Labute approximate surface area is 128 Å². The Hall–Kier alpha value is -0.670. The van der Waals surface area contributed by atoms with Gasteiger partial charge in [-0.25, -0.2) is 0 Å².